The van der Waals surface area contributed by atoms with Gasteiger partial charge in [-0.3, -0.25) is 9.59 Å². The van der Waals surface area contributed by atoms with Gasteiger partial charge < -0.3 is 25.2 Å². The zero-order valence-corrected chi connectivity index (χ0v) is 21.4. The molecular weight excluding hydrogens is 498 g/mol. The zero-order chi connectivity index (χ0) is 27.1. The Bertz CT molecular complexity index is 1210. The molecule has 0 fully saturated rings. The van der Waals surface area contributed by atoms with Gasteiger partial charge in [0.15, 0.2) is 0 Å². The van der Waals surface area contributed by atoms with E-state index >= 15 is 0 Å². The Labute approximate surface area is 245 Å². The number of aromatic nitrogens is 1. The van der Waals surface area contributed by atoms with Gasteiger partial charge in [0.1, 0.15) is 11.5 Å². The van der Waals surface area contributed by atoms with E-state index in [0.717, 1.165) is 22.4 Å². The molecule has 4 N–H and O–H groups in total. The molecule has 0 unspecified atom stereocenters. The topological polar surface area (TPSA) is 112 Å². The van der Waals surface area contributed by atoms with Crippen LogP contribution in [0.4, 0.5) is 10.1 Å². The molecule has 0 bridgehead atoms. The number of aliphatic hydroxyl groups is 2. The number of nitrogens with one attached hydrogen (secondary N) is 1. The van der Waals surface area contributed by atoms with Crippen molar-refractivity contribution in [2.45, 2.75) is 71.1 Å². The van der Waals surface area contributed by atoms with Gasteiger partial charge in [0.2, 0.25) is 0 Å². The molecule has 1 heterocycles. The van der Waals surface area contributed by atoms with Crippen molar-refractivity contribution >= 4 is 47.1 Å². The summed E-state index contributed by atoms with van der Waals surface area (Å²) in [7, 11) is 0. The Morgan fingerprint density at radius 2 is 1.63 bits per heavy atom. The second kappa shape index (κ2) is 14.6. The first-order valence-corrected chi connectivity index (χ1v) is 12.6. The van der Waals surface area contributed by atoms with Gasteiger partial charge in [0, 0.05) is 23.5 Å². The van der Waals surface area contributed by atoms with Crippen LogP contribution in [0, 0.1) is 5.82 Å². The Morgan fingerprint density at radius 3 is 2.18 bits per heavy atom. The average Bonchev–Trinajstić information content (AvgIpc) is 3.18. The fourth-order valence-electron chi connectivity index (χ4n) is 4.78. The molecular formula is C29H36FN2NaO5. The van der Waals surface area contributed by atoms with Crippen molar-refractivity contribution in [2.75, 3.05) is 5.32 Å². The number of halogens is 1. The summed E-state index contributed by atoms with van der Waals surface area (Å²) < 4.78 is 15.7. The number of carboxylic acids is 1. The summed E-state index contributed by atoms with van der Waals surface area (Å²) in [6, 6.07) is 15.3. The van der Waals surface area contributed by atoms with Crippen LogP contribution < -0.4 is 5.32 Å². The molecule has 2 aromatic carbocycles. The number of carbonyl (C=O) groups is 2. The number of benzene rings is 2. The number of aliphatic hydroxyl groups excluding tert-OH is 2. The summed E-state index contributed by atoms with van der Waals surface area (Å²) >= 11 is 0. The molecule has 0 aliphatic rings. The molecule has 0 radical (unpaired) electrons. The Morgan fingerprint density at radius 1 is 1.00 bits per heavy atom. The average molecular weight is 535 g/mol. The van der Waals surface area contributed by atoms with E-state index in [2.05, 4.69) is 5.32 Å². The van der Waals surface area contributed by atoms with Gasteiger partial charge in [-0.15, -0.1) is 0 Å². The number of para-hydroxylation sites is 1. The minimum absolute atomic E-state index is 0. The third kappa shape index (κ3) is 8.01. The standard InChI is InChI=1S/C29H35FN2O5.Na.H/c1-4-32-24(15-14-22(33)16-23(34)17-25(35)36)27(19-10-12-20(30)13-11-19)26(18(2)3)28(32)29(37)31-21-8-6-5-7-9-21;;/h5-13,18,22-23,33-34H,4,14-17H2,1-3H3,(H,31,37)(H,35,36);;/t22-,23-;;/m1../s1. The summed E-state index contributed by atoms with van der Waals surface area (Å²) in [4.78, 5) is 24.5. The molecule has 3 rings (SSSR count). The van der Waals surface area contributed by atoms with Gasteiger partial charge in [0.25, 0.3) is 5.91 Å². The first kappa shape index (κ1) is 31.7. The van der Waals surface area contributed by atoms with E-state index in [4.69, 9.17) is 5.11 Å². The van der Waals surface area contributed by atoms with Crippen LogP contribution in [0.3, 0.4) is 0 Å². The van der Waals surface area contributed by atoms with Crippen molar-refractivity contribution in [3.8, 4) is 11.1 Å². The number of amides is 1. The number of aliphatic carboxylic acids is 1. The van der Waals surface area contributed by atoms with Gasteiger partial charge in [0.05, 0.1) is 18.6 Å². The van der Waals surface area contributed by atoms with Crippen molar-refractivity contribution in [3.63, 3.8) is 0 Å². The predicted octanol–water partition coefficient (Wildman–Crippen LogP) is 4.56. The normalized spacial score (nSPS) is 12.6. The quantitative estimate of drug-likeness (QED) is 0.255. The molecule has 0 saturated heterocycles. The van der Waals surface area contributed by atoms with Crippen LogP contribution in [0.2, 0.25) is 0 Å². The van der Waals surface area contributed by atoms with E-state index in [1.807, 2.05) is 55.7 Å². The van der Waals surface area contributed by atoms with Crippen LogP contribution in [0.1, 0.15) is 67.7 Å². The first-order chi connectivity index (χ1) is 17.6. The molecule has 9 heteroatoms. The molecule has 0 aliphatic heterocycles. The summed E-state index contributed by atoms with van der Waals surface area (Å²) in [6.45, 7) is 6.44. The fraction of sp³-hybridized carbons (Fsp3) is 0.379. The second-order valence-corrected chi connectivity index (χ2v) is 9.49. The van der Waals surface area contributed by atoms with Gasteiger partial charge in [-0.1, -0.05) is 44.2 Å². The maximum absolute atomic E-state index is 13.8. The molecule has 0 saturated carbocycles. The molecule has 0 aliphatic carbocycles. The van der Waals surface area contributed by atoms with E-state index in [1.165, 1.54) is 12.1 Å². The van der Waals surface area contributed by atoms with E-state index in [0.29, 0.717) is 24.3 Å². The van der Waals surface area contributed by atoms with E-state index in [9.17, 15) is 24.2 Å². The van der Waals surface area contributed by atoms with Crippen LogP contribution in [-0.2, 0) is 17.8 Å². The van der Waals surface area contributed by atoms with Crippen LogP contribution >= 0.6 is 0 Å². The summed E-state index contributed by atoms with van der Waals surface area (Å²) in [6.07, 6.45) is -1.96. The molecule has 3 aromatic rings. The minimum atomic E-state index is -1.15. The number of carbonyl (C=O) groups excluding carboxylic acids is 1. The molecule has 1 aromatic heterocycles. The monoisotopic (exact) mass is 534 g/mol. The first-order valence-electron chi connectivity index (χ1n) is 12.6. The SMILES string of the molecule is CCn1c(CC[C@@H](O)C[C@@H](O)CC(=O)O)c(-c2ccc(F)cc2)c(C(C)C)c1C(=O)Nc1ccccc1.[NaH]. The Balaban J connectivity index is 0.00000507. The zero-order valence-electron chi connectivity index (χ0n) is 21.4. The number of hydrogen-bond acceptors (Lipinski definition) is 4. The van der Waals surface area contributed by atoms with Gasteiger partial charge in [-0.2, -0.15) is 0 Å². The second-order valence-electron chi connectivity index (χ2n) is 9.49. The third-order valence-corrected chi connectivity index (χ3v) is 6.35. The van der Waals surface area contributed by atoms with Crippen molar-refractivity contribution in [1.29, 1.82) is 0 Å². The molecule has 0 spiro atoms. The van der Waals surface area contributed by atoms with E-state index in [-0.39, 0.29) is 60.0 Å². The van der Waals surface area contributed by atoms with Crippen molar-refractivity contribution in [2.24, 2.45) is 0 Å². The molecule has 38 heavy (non-hydrogen) atoms. The van der Waals surface area contributed by atoms with Crippen molar-refractivity contribution < 1.29 is 29.3 Å². The summed E-state index contributed by atoms with van der Waals surface area (Å²) in [5.74, 6) is -1.79. The number of nitrogens with zero attached hydrogens (tertiary/aromatic N) is 1. The Kier molecular flexibility index (Phi) is 12.2. The third-order valence-electron chi connectivity index (χ3n) is 6.35. The summed E-state index contributed by atoms with van der Waals surface area (Å²) in [5, 5.41) is 32.4. The molecule has 200 valence electrons. The number of anilines is 1. The van der Waals surface area contributed by atoms with Gasteiger partial charge >= 0.3 is 35.5 Å². The van der Waals surface area contributed by atoms with E-state index in [1.54, 1.807) is 12.1 Å². The van der Waals surface area contributed by atoms with Crippen LogP contribution in [0.5, 0.6) is 0 Å². The molecule has 2 atom stereocenters. The molecule has 1 amide bonds. The Hall–Kier alpha value is -2.49. The predicted molar refractivity (Wildman–Crippen MR) is 148 cm³/mol. The van der Waals surface area contributed by atoms with E-state index < -0.39 is 24.6 Å². The van der Waals surface area contributed by atoms with Gasteiger partial charge in [-0.05, 0) is 67.5 Å². The van der Waals surface area contributed by atoms with Crippen LogP contribution in [0.15, 0.2) is 54.6 Å². The van der Waals surface area contributed by atoms with Crippen molar-refractivity contribution in [1.82, 2.24) is 4.57 Å². The summed E-state index contributed by atoms with van der Waals surface area (Å²) in [5.41, 5.74) is 4.42. The maximum atomic E-state index is 13.8. The molecule has 7 nitrogen and oxygen atoms in total. The van der Waals surface area contributed by atoms with Crippen LogP contribution in [0.25, 0.3) is 11.1 Å². The number of hydrogen-bond donors (Lipinski definition) is 4. The number of rotatable bonds is 12. The number of carboxylic acid groups (broad SMARTS) is 1. The van der Waals surface area contributed by atoms with Gasteiger partial charge in [-0.25, -0.2) is 4.39 Å². The fourth-order valence-corrected chi connectivity index (χ4v) is 4.78. The van der Waals surface area contributed by atoms with Crippen molar-refractivity contribution in [3.05, 3.63) is 77.4 Å². The van der Waals surface area contributed by atoms with Crippen LogP contribution in [-0.4, -0.2) is 73.5 Å².